The van der Waals surface area contributed by atoms with Gasteiger partial charge in [-0.2, -0.15) is 5.26 Å². The second kappa shape index (κ2) is 6.23. The topological polar surface area (TPSA) is 64.4 Å². The maximum absolute atomic E-state index is 11.7. The molecule has 1 aliphatic rings. The van der Waals surface area contributed by atoms with E-state index in [2.05, 4.69) is 0 Å². The van der Waals surface area contributed by atoms with Crippen molar-refractivity contribution >= 4 is 11.7 Å². The van der Waals surface area contributed by atoms with Crippen LogP contribution in [0, 0.1) is 11.3 Å². The van der Waals surface area contributed by atoms with Crippen LogP contribution in [-0.2, 0) is 9.59 Å². The molecule has 5 heteroatoms. The smallest absolute Gasteiger partial charge is 0.236 e. The van der Waals surface area contributed by atoms with Crippen LogP contribution >= 0.6 is 0 Å². The van der Waals surface area contributed by atoms with Gasteiger partial charge in [-0.1, -0.05) is 0 Å². The molecule has 0 aliphatic carbocycles. The Morgan fingerprint density at radius 1 is 1.50 bits per heavy atom. The quantitative estimate of drug-likeness (QED) is 0.674. The number of rotatable bonds is 4. The summed E-state index contributed by atoms with van der Waals surface area (Å²) in [5.74, 6) is 0.297. The average Bonchev–Trinajstić information content (AvgIpc) is 2.29. The number of carbonyl (C=O) groups is 2. The number of hydrogen-bond donors (Lipinski definition) is 0. The first-order valence-electron chi connectivity index (χ1n) is 5.48. The second-order valence-electron chi connectivity index (χ2n) is 4.04. The van der Waals surface area contributed by atoms with Gasteiger partial charge in [0.15, 0.2) is 0 Å². The Kier molecular flexibility index (Phi) is 4.93. The molecule has 1 saturated heterocycles. The zero-order valence-corrected chi connectivity index (χ0v) is 9.61. The number of likely N-dealkylation sites (N-methyl/N-ethyl adjacent to an activating group) is 1. The Balaban J connectivity index is 2.28. The molecule has 0 spiro atoms. The van der Waals surface area contributed by atoms with Gasteiger partial charge in [0.25, 0.3) is 0 Å². The van der Waals surface area contributed by atoms with E-state index in [9.17, 15) is 9.59 Å². The first-order chi connectivity index (χ1) is 7.63. The van der Waals surface area contributed by atoms with E-state index in [0.717, 1.165) is 0 Å². The Bertz CT molecular complexity index is 299. The standard InChI is InChI=1S/C11H17N3O2/c1-13(6-2-5-12)11(16)9-14-7-3-10(15)4-8-14/h2-4,6-9H2,1H3. The lowest BCUT2D eigenvalue weighted by molar-refractivity contribution is -0.132. The zero-order valence-electron chi connectivity index (χ0n) is 9.61. The van der Waals surface area contributed by atoms with Crippen molar-refractivity contribution in [3.05, 3.63) is 0 Å². The molecule has 16 heavy (non-hydrogen) atoms. The summed E-state index contributed by atoms with van der Waals surface area (Å²) in [5, 5.41) is 8.41. The lowest BCUT2D eigenvalue weighted by Gasteiger charge is -2.27. The van der Waals surface area contributed by atoms with Gasteiger partial charge in [-0.15, -0.1) is 0 Å². The molecule has 0 radical (unpaired) electrons. The lowest BCUT2D eigenvalue weighted by atomic mass is 10.1. The number of hydrogen-bond acceptors (Lipinski definition) is 4. The van der Waals surface area contributed by atoms with Gasteiger partial charge in [-0.25, -0.2) is 0 Å². The molecule has 1 heterocycles. The van der Waals surface area contributed by atoms with Crippen LogP contribution in [0.15, 0.2) is 0 Å². The molecule has 0 bridgehead atoms. The van der Waals surface area contributed by atoms with Gasteiger partial charge in [-0.05, 0) is 0 Å². The van der Waals surface area contributed by atoms with E-state index >= 15 is 0 Å². The second-order valence-corrected chi connectivity index (χ2v) is 4.04. The van der Waals surface area contributed by atoms with Crippen molar-refractivity contribution in [2.24, 2.45) is 0 Å². The van der Waals surface area contributed by atoms with Gasteiger partial charge >= 0.3 is 0 Å². The molecule has 0 aromatic carbocycles. The Hall–Kier alpha value is -1.41. The van der Waals surface area contributed by atoms with Crippen LogP contribution in [0.25, 0.3) is 0 Å². The molecular formula is C11H17N3O2. The molecule has 0 unspecified atom stereocenters. The molecule has 0 atom stereocenters. The first kappa shape index (κ1) is 12.7. The molecule has 1 amide bonds. The largest absolute Gasteiger partial charge is 0.344 e. The van der Waals surface area contributed by atoms with E-state index in [1.165, 1.54) is 0 Å². The molecule has 0 aromatic heterocycles. The van der Waals surface area contributed by atoms with E-state index in [1.54, 1.807) is 11.9 Å². The average molecular weight is 223 g/mol. The molecule has 5 nitrogen and oxygen atoms in total. The third-order valence-electron chi connectivity index (χ3n) is 2.76. The van der Waals surface area contributed by atoms with Crippen LogP contribution in [0.5, 0.6) is 0 Å². The summed E-state index contributed by atoms with van der Waals surface area (Å²) in [6.45, 7) is 2.19. The number of ketones is 1. The zero-order chi connectivity index (χ0) is 12.0. The summed E-state index contributed by atoms with van der Waals surface area (Å²) in [6.07, 6.45) is 1.46. The lowest BCUT2D eigenvalue weighted by Crippen LogP contribution is -2.42. The van der Waals surface area contributed by atoms with Crippen molar-refractivity contribution in [1.29, 1.82) is 5.26 Å². The molecule has 88 valence electrons. The van der Waals surface area contributed by atoms with Crippen LogP contribution < -0.4 is 0 Å². The highest BCUT2D eigenvalue weighted by Gasteiger charge is 2.19. The Morgan fingerprint density at radius 2 is 2.12 bits per heavy atom. The minimum Gasteiger partial charge on any atom is -0.344 e. The molecule has 1 rings (SSSR count). The van der Waals surface area contributed by atoms with Crippen molar-refractivity contribution in [3.8, 4) is 6.07 Å². The van der Waals surface area contributed by atoms with E-state index in [-0.39, 0.29) is 11.7 Å². The number of Topliss-reactive ketones (excluding diaryl/α,β-unsaturated/α-hetero) is 1. The number of amides is 1. The van der Waals surface area contributed by atoms with E-state index in [4.69, 9.17) is 5.26 Å². The highest BCUT2D eigenvalue weighted by atomic mass is 16.2. The fourth-order valence-electron chi connectivity index (χ4n) is 1.61. The summed E-state index contributed by atoms with van der Waals surface area (Å²) >= 11 is 0. The molecule has 0 saturated carbocycles. The summed E-state index contributed by atoms with van der Waals surface area (Å²) in [6, 6.07) is 2.01. The Labute approximate surface area is 95.6 Å². The van der Waals surface area contributed by atoms with Gasteiger partial charge in [0.2, 0.25) is 5.91 Å². The minimum absolute atomic E-state index is 0.0181. The fraction of sp³-hybridized carbons (Fsp3) is 0.727. The highest BCUT2D eigenvalue weighted by Crippen LogP contribution is 2.05. The first-order valence-corrected chi connectivity index (χ1v) is 5.48. The van der Waals surface area contributed by atoms with Crippen molar-refractivity contribution in [3.63, 3.8) is 0 Å². The number of likely N-dealkylation sites (tertiary alicyclic amines) is 1. The van der Waals surface area contributed by atoms with Crippen molar-refractivity contribution in [2.75, 3.05) is 33.2 Å². The molecule has 0 N–H and O–H groups in total. The maximum atomic E-state index is 11.7. The van der Waals surface area contributed by atoms with Crippen LogP contribution in [0.1, 0.15) is 19.3 Å². The summed E-state index contributed by atoms with van der Waals surface area (Å²) < 4.78 is 0. The van der Waals surface area contributed by atoms with Gasteiger partial charge in [-0.3, -0.25) is 14.5 Å². The summed E-state index contributed by atoms with van der Waals surface area (Å²) in [7, 11) is 1.70. The number of piperidine rings is 1. The molecule has 1 aliphatic heterocycles. The number of nitrogens with zero attached hydrogens (tertiary/aromatic N) is 3. The third kappa shape index (κ3) is 3.99. The Morgan fingerprint density at radius 3 is 2.69 bits per heavy atom. The summed E-state index contributed by atoms with van der Waals surface area (Å²) in [5.41, 5.74) is 0. The summed E-state index contributed by atoms with van der Waals surface area (Å²) in [4.78, 5) is 26.3. The maximum Gasteiger partial charge on any atom is 0.236 e. The van der Waals surface area contributed by atoms with Crippen LogP contribution in [0.3, 0.4) is 0 Å². The monoisotopic (exact) mass is 223 g/mol. The van der Waals surface area contributed by atoms with Gasteiger partial charge in [0.05, 0.1) is 19.0 Å². The SMILES string of the molecule is CN(CCC#N)C(=O)CN1CCC(=O)CC1. The number of carbonyl (C=O) groups excluding carboxylic acids is 2. The normalized spacial score (nSPS) is 16.9. The molecule has 1 fully saturated rings. The fourth-order valence-corrected chi connectivity index (χ4v) is 1.61. The van der Waals surface area contributed by atoms with Crippen LogP contribution in [-0.4, -0.2) is 54.7 Å². The third-order valence-corrected chi connectivity index (χ3v) is 2.76. The van der Waals surface area contributed by atoms with Gasteiger partial charge in [0.1, 0.15) is 5.78 Å². The van der Waals surface area contributed by atoms with Crippen molar-refractivity contribution < 1.29 is 9.59 Å². The van der Waals surface area contributed by atoms with E-state index < -0.39 is 0 Å². The van der Waals surface area contributed by atoms with Crippen LogP contribution in [0.2, 0.25) is 0 Å². The van der Waals surface area contributed by atoms with E-state index in [0.29, 0.717) is 45.4 Å². The van der Waals surface area contributed by atoms with Crippen molar-refractivity contribution in [2.45, 2.75) is 19.3 Å². The van der Waals surface area contributed by atoms with Gasteiger partial charge < -0.3 is 4.90 Å². The van der Waals surface area contributed by atoms with Gasteiger partial charge in [0, 0.05) is 39.5 Å². The van der Waals surface area contributed by atoms with Crippen LogP contribution in [0.4, 0.5) is 0 Å². The molecular weight excluding hydrogens is 206 g/mol. The minimum atomic E-state index is 0.0181. The highest BCUT2D eigenvalue weighted by molar-refractivity contribution is 5.81. The molecule has 0 aromatic rings. The predicted molar refractivity (Wildman–Crippen MR) is 58.5 cm³/mol. The number of nitriles is 1. The van der Waals surface area contributed by atoms with Crippen molar-refractivity contribution in [1.82, 2.24) is 9.80 Å². The predicted octanol–water partition coefficient (Wildman–Crippen LogP) is 0.0234. The van der Waals surface area contributed by atoms with E-state index in [1.807, 2.05) is 11.0 Å².